The van der Waals surface area contributed by atoms with Crippen LogP contribution in [0.2, 0.25) is 5.02 Å². The molecule has 5 heteroatoms. The summed E-state index contributed by atoms with van der Waals surface area (Å²) in [5.74, 6) is -0.951. The molecule has 1 unspecified atom stereocenters. The highest BCUT2D eigenvalue weighted by Gasteiger charge is 2.48. The Hall–Kier alpha value is -1.55. The van der Waals surface area contributed by atoms with Crippen molar-refractivity contribution in [3.8, 4) is 0 Å². The van der Waals surface area contributed by atoms with Gasteiger partial charge in [-0.2, -0.15) is 0 Å². The number of rotatable bonds is 3. The van der Waals surface area contributed by atoms with Crippen molar-refractivity contribution < 1.29 is 14.7 Å². The maximum atomic E-state index is 12.6. The summed E-state index contributed by atoms with van der Waals surface area (Å²) in [5, 5.41) is 10.1. The van der Waals surface area contributed by atoms with Gasteiger partial charge in [0.05, 0.1) is 5.41 Å². The molecule has 1 aromatic carbocycles. The molecule has 0 aliphatic carbocycles. The van der Waals surface area contributed by atoms with Crippen LogP contribution in [0, 0.1) is 18.3 Å². The summed E-state index contributed by atoms with van der Waals surface area (Å²) in [6, 6.07) is 5.14. The lowest BCUT2D eigenvalue weighted by molar-refractivity contribution is -0.150. The van der Waals surface area contributed by atoms with Crippen molar-refractivity contribution in [3.63, 3.8) is 0 Å². The van der Waals surface area contributed by atoms with Crippen LogP contribution in [0.1, 0.15) is 36.2 Å². The maximum absolute atomic E-state index is 12.6. The molecule has 1 aromatic rings. The Balaban J connectivity index is 2.25. The van der Waals surface area contributed by atoms with E-state index in [1.807, 2.05) is 20.8 Å². The molecule has 21 heavy (non-hydrogen) atoms. The van der Waals surface area contributed by atoms with Gasteiger partial charge in [-0.3, -0.25) is 9.59 Å². The number of hydrogen-bond donors (Lipinski definition) is 1. The average molecular weight is 310 g/mol. The zero-order valence-corrected chi connectivity index (χ0v) is 13.3. The van der Waals surface area contributed by atoms with Crippen LogP contribution in [0.15, 0.2) is 18.2 Å². The molecule has 0 bridgehead atoms. The van der Waals surface area contributed by atoms with Crippen LogP contribution in [0.3, 0.4) is 0 Å². The third-order valence-electron chi connectivity index (χ3n) is 4.54. The van der Waals surface area contributed by atoms with Crippen LogP contribution < -0.4 is 0 Å². The number of hydrogen-bond acceptors (Lipinski definition) is 2. The predicted octanol–water partition coefficient (Wildman–Crippen LogP) is 3.22. The number of carbonyl (C=O) groups excluding carboxylic acids is 1. The molecule has 0 aromatic heterocycles. The van der Waals surface area contributed by atoms with Gasteiger partial charge in [-0.25, -0.2) is 0 Å². The number of amides is 1. The van der Waals surface area contributed by atoms with E-state index in [2.05, 4.69) is 0 Å². The lowest BCUT2D eigenvalue weighted by atomic mass is 9.76. The Bertz CT molecular complexity index is 585. The van der Waals surface area contributed by atoms with Crippen LogP contribution in [-0.4, -0.2) is 35.0 Å². The van der Waals surface area contributed by atoms with E-state index < -0.39 is 11.4 Å². The van der Waals surface area contributed by atoms with Crippen LogP contribution in [0.4, 0.5) is 0 Å². The van der Waals surface area contributed by atoms with Crippen LogP contribution in [0.25, 0.3) is 0 Å². The molecule has 1 aliphatic rings. The number of carboxylic acids is 1. The van der Waals surface area contributed by atoms with E-state index in [-0.39, 0.29) is 18.4 Å². The second-order valence-corrected chi connectivity index (χ2v) is 6.49. The Morgan fingerprint density at radius 2 is 2.05 bits per heavy atom. The summed E-state index contributed by atoms with van der Waals surface area (Å²) in [5.41, 5.74) is 0.560. The normalized spacial score (nSPS) is 21.9. The summed E-state index contributed by atoms with van der Waals surface area (Å²) >= 11 is 5.91. The van der Waals surface area contributed by atoms with Crippen molar-refractivity contribution in [3.05, 3.63) is 34.3 Å². The van der Waals surface area contributed by atoms with E-state index in [0.29, 0.717) is 23.6 Å². The zero-order valence-electron chi connectivity index (χ0n) is 12.5. The number of aryl methyl sites for hydroxylation is 1. The minimum atomic E-state index is -0.837. The molecule has 1 N–H and O–H groups in total. The molecule has 0 spiro atoms. The SMILES string of the molecule is Cc1cc(Cl)ccc1C(=O)N1CCC(C(=O)O)(C(C)C)C1. The molecule has 114 valence electrons. The number of carboxylic acid groups (broad SMARTS) is 1. The molecule has 1 heterocycles. The van der Waals surface area contributed by atoms with Crippen molar-refractivity contribution in [2.24, 2.45) is 11.3 Å². The molecule has 1 atom stereocenters. The number of aliphatic carboxylic acids is 1. The number of halogens is 1. The smallest absolute Gasteiger partial charge is 0.311 e. The third kappa shape index (κ3) is 2.77. The quantitative estimate of drug-likeness (QED) is 0.932. The summed E-state index contributed by atoms with van der Waals surface area (Å²) < 4.78 is 0. The van der Waals surface area contributed by atoms with Gasteiger partial charge in [-0.05, 0) is 43.0 Å². The first-order valence-electron chi connectivity index (χ1n) is 7.07. The van der Waals surface area contributed by atoms with Gasteiger partial charge in [0.2, 0.25) is 0 Å². The summed E-state index contributed by atoms with van der Waals surface area (Å²) in [6.45, 7) is 6.37. The first kappa shape index (κ1) is 15.8. The van der Waals surface area contributed by atoms with E-state index in [1.165, 1.54) is 0 Å². The van der Waals surface area contributed by atoms with Gasteiger partial charge in [0.15, 0.2) is 0 Å². The second kappa shape index (κ2) is 5.68. The molecule has 2 rings (SSSR count). The van der Waals surface area contributed by atoms with Crippen LogP contribution >= 0.6 is 11.6 Å². The standard InChI is InChI=1S/C16H20ClNO3/c1-10(2)16(15(20)21)6-7-18(9-16)14(19)13-5-4-12(17)8-11(13)3/h4-5,8,10H,6-7,9H2,1-3H3,(H,20,21). The third-order valence-corrected chi connectivity index (χ3v) is 4.77. The minimum absolute atomic E-state index is 0.0147. The van der Waals surface area contributed by atoms with Crippen LogP contribution in [-0.2, 0) is 4.79 Å². The van der Waals surface area contributed by atoms with Gasteiger partial charge < -0.3 is 10.0 Å². The molecule has 1 amide bonds. The molecular formula is C16H20ClNO3. The van der Waals surface area contributed by atoms with Gasteiger partial charge in [0, 0.05) is 23.7 Å². The first-order valence-corrected chi connectivity index (χ1v) is 7.44. The first-order chi connectivity index (χ1) is 9.78. The molecule has 4 nitrogen and oxygen atoms in total. The Morgan fingerprint density at radius 1 is 1.38 bits per heavy atom. The monoisotopic (exact) mass is 309 g/mol. The van der Waals surface area contributed by atoms with Gasteiger partial charge in [-0.15, -0.1) is 0 Å². The summed E-state index contributed by atoms with van der Waals surface area (Å²) in [7, 11) is 0. The Morgan fingerprint density at radius 3 is 2.52 bits per heavy atom. The minimum Gasteiger partial charge on any atom is -0.481 e. The fourth-order valence-corrected chi connectivity index (χ4v) is 3.16. The predicted molar refractivity (Wildman–Crippen MR) is 81.6 cm³/mol. The van der Waals surface area contributed by atoms with E-state index in [4.69, 9.17) is 11.6 Å². The fraction of sp³-hybridized carbons (Fsp3) is 0.500. The highest BCUT2D eigenvalue weighted by Crippen LogP contribution is 2.38. The molecular weight excluding hydrogens is 290 g/mol. The molecule has 0 radical (unpaired) electrons. The number of nitrogens with zero attached hydrogens (tertiary/aromatic N) is 1. The summed E-state index contributed by atoms with van der Waals surface area (Å²) in [4.78, 5) is 25.9. The van der Waals surface area contributed by atoms with Gasteiger partial charge in [0.25, 0.3) is 5.91 Å². The molecule has 1 fully saturated rings. The number of benzene rings is 1. The highest BCUT2D eigenvalue weighted by atomic mass is 35.5. The summed E-state index contributed by atoms with van der Waals surface area (Å²) in [6.07, 6.45) is 0.498. The van der Waals surface area contributed by atoms with Crippen molar-refractivity contribution in [2.75, 3.05) is 13.1 Å². The molecule has 1 aliphatic heterocycles. The van der Waals surface area contributed by atoms with Crippen molar-refractivity contribution in [2.45, 2.75) is 27.2 Å². The molecule has 0 saturated carbocycles. The van der Waals surface area contributed by atoms with Crippen molar-refractivity contribution in [1.82, 2.24) is 4.90 Å². The van der Waals surface area contributed by atoms with E-state index in [0.717, 1.165) is 5.56 Å². The second-order valence-electron chi connectivity index (χ2n) is 6.05. The van der Waals surface area contributed by atoms with Crippen molar-refractivity contribution >= 4 is 23.5 Å². The largest absolute Gasteiger partial charge is 0.481 e. The number of carbonyl (C=O) groups is 2. The van der Waals surface area contributed by atoms with Gasteiger partial charge in [0.1, 0.15) is 0 Å². The van der Waals surface area contributed by atoms with Gasteiger partial charge >= 0.3 is 5.97 Å². The van der Waals surface area contributed by atoms with Crippen LogP contribution in [0.5, 0.6) is 0 Å². The Labute approximate surface area is 129 Å². The van der Waals surface area contributed by atoms with E-state index in [1.54, 1.807) is 23.1 Å². The van der Waals surface area contributed by atoms with Crippen molar-refractivity contribution in [1.29, 1.82) is 0 Å². The number of likely N-dealkylation sites (tertiary alicyclic amines) is 1. The fourth-order valence-electron chi connectivity index (χ4n) is 2.94. The Kier molecular flexibility index (Phi) is 4.28. The average Bonchev–Trinajstić information content (AvgIpc) is 2.84. The maximum Gasteiger partial charge on any atom is 0.311 e. The zero-order chi connectivity index (χ0) is 15.8. The van der Waals surface area contributed by atoms with Gasteiger partial charge in [-0.1, -0.05) is 25.4 Å². The topological polar surface area (TPSA) is 57.6 Å². The lowest BCUT2D eigenvalue weighted by Crippen LogP contribution is -2.40. The highest BCUT2D eigenvalue weighted by molar-refractivity contribution is 6.30. The molecule has 1 saturated heterocycles. The lowest BCUT2D eigenvalue weighted by Gasteiger charge is -2.28. The van der Waals surface area contributed by atoms with E-state index in [9.17, 15) is 14.7 Å². The van der Waals surface area contributed by atoms with E-state index >= 15 is 0 Å².